The fraction of sp³-hybridized carbons (Fsp3) is 0.280. The summed E-state index contributed by atoms with van der Waals surface area (Å²) >= 11 is 0. The third kappa shape index (κ3) is 4.34. The van der Waals surface area contributed by atoms with Gasteiger partial charge in [-0.2, -0.15) is 0 Å². The number of benzene rings is 1. The third-order valence-electron chi connectivity index (χ3n) is 5.54. The summed E-state index contributed by atoms with van der Waals surface area (Å²) in [5.74, 6) is 8.00. The SMILES string of the molecule is C#Cc1ccc(CCCC#Cc2cccc3c2CN(C2CCC(=O)NC2=O)C3=O)cn1. The standard InChI is InChI=1S/C25H21N3O3/c1-2-19-12-11-17(15-26-19)7-4-3-5-8-18-9-6-10-20-21(18)16-28(25(20)31)22-13-14-23(29)27-24(22)30/h1,6,9-12,15,22H,3-4,7,13-14,16H2,(H,27,29,30). The average Bonchev–Trinajstić information content (AvgIpc) is 3.11. The van der Waals surface area contributed by atoms with Crippen molar-refractivity contribution in [3.05, 3.63) is 64.5 Å². The highest BCUT2D eigenvalue weighted by Crippen LogP contribution is 2.29. The first kappa shape index (κ1) is 20.4. The lowest BCUT2D eigenvalue weighted by Gasteiger charge is -2.29. The van der Waals surface area contributed by atoms with Crippen molar-refractivity contribution in [3.63, 3.8) is 0 Å². The van der Waals surface area contributed by atoms with Gasteiger partial charge in [0.25, 0.3) is 5.91 Å². The number of piperidine rings is 1. The van der Waals surface area contributed by atoms with Crippen molar-refractivity contribution < 1.29 is 14.4 Å². The fourth-order valence-corrected chi connectivity index (χ4v) is 3.90. The molecule has 1 fully saturated rings. The van der Waals surface area contributed by atoms with Crippen LogP contribution >= 0.6 is 0 Å². The van der Waals surface area contributed by atoms with E-state index in [0.29, 0.717) is 30.6 Å². The zero-order valence-corrected chi connectivity index (χ0v) is 17.0. The normalized spacial score (nSPS) is 17.5. The van der Waals surface area contributed by atoms with E-state index >= 15 is 0 Å². The molecule has 2 aliphatic rings. The Morgan fingerprint density at radius 2 is 2.06 bits per heavy atom. The third-order valence-corrected chi connectivity index (χ3v) is 5.54. The number of aryl methyl sites for hydroxylation is 1. The van der Waals surface area contributed by atoms with Crippen molar-refractivity contribution in [2.24, 2.45) is 0 Å². The summed E-state index contributed by atoms with van der Waals surface area (Å²) in [5, 5.41) is 2.32. The minimum atomic E-state index is -0.618. The molecule has 31 heavy (non-hydrogen) atoms. The Labute approximate surface area is 181 Å². The highest BCUT2D eigenvalue weighted by molar-refractivity contribution is 6.05. The van der Waals surface area contributed by atoms with Gasteiger partial charge in [0, 0.05) is 36.7 Å². The van der Waals surface area contributed by atoms with E-state index in [1.165, 1.54) is 0 Å². The fourth-order valence-electron chi connectivity index (χ4n) is 3.90. The van der Waals surface area contributed by atoms with E-state index in [1.807, 2.05) is 24.3 Å². The van der Waals surface area contributed by atoms with E-state index in [1.54, 1.807) is 17.2 Å². The van der Waals surface area contributed by atoms with Crippen LogP contribution in [0, 0.1) is 24.2 Å². The van der Waals surface area contributed by atoms with E-state index in [0.717, 1.165) is 29.5 Å². The Hall–Kier alpha value is -3.90. The summed E-state index contributed by atoms with van der Waals surface area (Å²) < 4.78 is 0. The van der Waals surface area contributed by atoms with Crippen LogP contribution in [0.5, 0.6) is 0 Å². The summed E-state index contributed by atoms with van der Waals surface area (Å²) in [6.07, 6.45) is 10.2. The van der Waals surface area contributed by atoms with Gasteiger partial charge >= 0.3 is 0 Å². The van der Waals surface area contributed by atoms with Gasteiger partial charge in [0.1, 0.15) is 11.7 Å². The van der Waals surface area contributed by atoms with Crippen LogP contribution in [0.25, 0.3) is 0 Å². The van der Waals surface area contributed by atoms with Gasteiger partial charge in [0.15, 0.2) is 0 Å². The van der Waals surface area contributed by atoms with Gasteiger partial charge in [0.2, 0.25) is 11.8 Å². The van der Waals surface area contributed by atoms with Crippen LogP contribution in [-0.4, -0.2) is 33.6 Å². The van der Waals surface area contributed by atoms with Crippen LogP contribution in [0.15, 0.2) is 36.5 Å². The zero-order valence-electron chi connectivity index (χ0n) is 17.0. The van der Waals surface area contributed by atoms with E-state index in [4.69, 9.17) is 6.42 Å². The molecule has 2 aliphatic heterocycles. The first-order chi connectivity index (χ1) is 15.1. The molecule has 0 aliphatic carbocycles. The van der Waals surface area contributed by atoms with Crippen molar-refractivity contribution >= 4 is 17.7 Å². The number of nitrogens with one attached hydrogen (secondary N) is 1. The molecule has 1 aromatic heterocycles. The van der Waals surface area contributed by atoms with Gasteiger partial charge in [-0.05, 0) is 48.6 Å². The molecule has 1 saturated heterocycles. The lowest BCUT2D eigenvalue weighted by Crippen LogP contribution is -2.52. The molecule has 0 bridgehead atoms. The summed E-state index contributed by atoms with van der Waals surface area (Å²) in [7, 11) is 0. The summed E-state index contributed by atoms with van der Waals surface area (Å²) in [6, 6.07) is 8.67. The van der Waals surface area contributed by atoms with Crippen LogP contribution < -0.4 is 5.32 Å². The molecule has 4 rings (SSSR count). The molecule has 1 aromatic carbocycles. The Kier molecular flexibility index (Phi) is 5.82. The molecule has 2 aromatic rings. The highest BCUT2D eigenvalue weighted by Gasteiger charge is 2.39. The molecule has 154 valence electrons. The van der Waals surface area contributed by atoms with Crippen molar-refractivity contribution in [1.82, 2.24) is 15.2 Å². The number of hydrogen-bond donors (Lipinski definition) is 1. The summed E-state index contributed by atoms with van der Waals surface area (Å²) in [4.78, 5) is 42.2. The second kappa shape index (κ2) is 8.85. The summed E-state index contributed by atoms with van der Waals surface area (Å²) in [6.45, 7) is 0.332. The maximum absolute atomic E-state index is 12.8. The van der Waals surface area contributed by atoms with Gasteiger partial charge in [-0.3, -0.25) is 19.7 Å². The number of pyridine rings is 1. The molecule has 0 saturated carbocycles. The second-order valence-electron chi connectivity index (χ2n) is 7.58. The predicted octanol–water partition coefficient (Wildman–Crippen LogP) is 2.20. The van der Waals surface area contributed by atoms with Crippen molar-refractivity contribution in [2.45, 2.75) is 44.7 Å². The molecule has 1 unspecified atom stereocenters. The summed E-state index contributed by atoms with van der Waals surface area (Å²) in [5.41, 5.74) is 3.98. The number of carbonyl (C=O) groups is 3. The van der Waals surface area contributed by atoms with Crippen molar-refractivity contribution in [1.29, 1.82) is 0 Å². The second-order valence-corrected chi connectivity index (χ2v) is 7.58. The van der Waals surface area contributed by atoms with Gasteiger partial charge in [-0.15, -0.1) is 6.42 Å². The van der Waals surface area contributed by atoms with E-state index in [2.05, 4.69) is 28.1 Å². The lowest BCUT2D eigenvalue weighted by molar-refractivity contribution is -0.136. The minimum Gasteiger partial charge on any atom is -0.322 e. The van der Waals surface area contributed by atoms with Gasteiger partial charge < -0.3 is 4.90 Å². The molecular weight excluding hydrogens is 390 g/mol. The molecule has 3 amide bonds. The van der Waals surface area contributed by atoms with Gasteiger partial charge in [0.05, 0.1) is 0 Å². The topological polar surface area (TPSA) is 79.4 Å². The lowest BCUT2D eigenvalue weighted by atomic mass is 10.0. The first-order valence-electron chi connectivity index (χ1n) is 10.2. The van der Waals surface area contributed by atoms with Crippen molar-refractivity contribution in [3.8, 4) is 24.2 Å². The minimum absolute atomic E-state index is 0.184. The van der Waals surface area contributed by atoms with Crippen LogP contribution in [0.3, 0.4) is 0 Å². The van der Waals surface area contributed by atoms with Crippen molar-refractivity contribution in [2.75, 3.05) is 0 Å². The molecule has 0 radical (unpaired) electrons. The number of imide groups is 1. The van der Waals surface area contributed by atoms with Crippen LogP contribution in [0.2, 0.25) is 0 Å². The Bertz CT molecular complexity index is 1150. The number of amides is 3. The molecule has 1 N–H and O–H groups in total. The van der Waals surface area contributed by atoms with Gasteiger partial charge in [-0.25, -0.2) is 4.98 Å². The quantitative estimate of drug-likeness (QED) is 0.475. The largest absolute Gasteiger partial charge is 0.322 e. The van der Waals surface area contributed by atoms with Crippen LogP contribution in [0.4, 0.5) is 0 Å². The molecule has 6 nitrogen and oxygen atoms in total. The van der Waals surface area contributed by atoms with Crippen LogP contribution in [0.1, 0.15) is 58.4 Å². The average molecular weight is 411 g/mol. The molecule has 3 heterocycles. The van der Waals surface area contributed by atoms with E-state index in [-0.39, 0.29) is 18.2 Å². The molecule has 6 heteroatoms. The molecule has 1 atom stereocenters. The molecular formula is C25H21N3O3. The predicted molar refractivity (Wildman–Crippen MR) is 114 cm³/mol. The van der Waals surface area contributed by atoms with E-state index in [9.17, 15) is 14.4 Å². The Balaban J connectivity index is 1.40. The first-order valence-corrected chi connectivity index (χ1v) is 10.2. The maximum atomic E-state index is 12.8. The number of hydrogen-bond acceptors (Lipinski definition) is 4. The Morgan fingerprint density at radius 1 is 1.19 bits per heavy atom. The maximum Gasteiger partial charge on any atom is 0.255 e. The van der Waals surface area contributed by atoms with Gasteiger partial charge in [-0.1, -0.05) is 29.9 Å². The Morgan fingerprint density at radius 3 is 2.81 bits per heavy atom. The zero-order chi connectivity index (χ0) is 21.8. The number of carbonyl (C=O) groups excluding carboxylic acids is 3. The monoisotopic (exact) mass is 411 g/mol. The number of aromatic nitrogens is 1. The molecule has 0 spiro atoms. The number of nitrogens with zero attached hydrogens (tertiary/aromatic N) is 2. The number of unbranched alkanes of at least 4 members (excludes halogenated alkanes) is 1. The van der Waals surface area contributed by atoms with Crippen LogP contribution in [-0.2, 0) is 22.6 Å². The smallest absolute Gasteiger partial charge is 0.255 e. The van der Waals surface area contributed by atoms with E-state index < -0.39 is 11.9 Å². The number of rotatable bonds is 4. The number of fused-ring (bicyclic) bond motifs is 1. The highest BCUT2D eigenvalue weighted by atomic mass is 16.2. The number of terminal acetylenes is 1.